The molecule has 3 aromatic rings. The lowest BCUT2D eigenvalue weighted by Crippen LogP contribution is -2.24. The smallest absolute Gasteiger partial charge is 0.406 e. The zero-order chi connectivity index (χ0) is 22.4. The molecule has 0 fully saturated rings. The maximum atomic E-state index is 12.7. The fraction of sp³-hybridized carbons (Fsp3) is 0.348. The minimum absolute atomic E-state index is 0.283. The summed E-state index contributed by atoms with van der Waals surface area (Å²) < 4.78 is 42.0. The van der Waals surface area contributed by atoms with Gasteiger partial charge < -0.3 is 20.7 Å². The van der Waals surface area contributed by atoms with E-state index in [-0.39, 0.29) is 5.75 Å². The highest BCUT2D eigenvalue weighted by molar-refractivity contribution is 5.94. The van der Waals surface area contributed by atoms with Gasteiger partial charge >= 0.3 is 6.36 Å². The van der Waals surface area contributed by atoms with Crippen molar-refractivity contribution in [2.24, 2.45) is 5.73 Å². The van der Waals surface area contributed by atoms with Crippen LogP contribution in [0.5, 0.6) is 5.75 Å². The number of anilines is 2. The number of pyridine rings is 1. The number of aryl methyl sites for hydroxylation is 1. The molecule has 3 rings (SSSR count). The Morgan fingerprint density at radius 3 is 2.45 bits per heavy atom. The van der Waals surface area contributed by atoms with E-state index in [0.717, 1.165) is 18.8 Å². The number of nitrogens with one attached hydrogen (secondary N) is 1. The van der Waals surface area contributed by atoms with Gasteiger partial charge in [-0.3, -0.25) is 0 Å². The fourth-order valence-corrected chi connectivity index (χ4v) is 3.52. The van der Waals surface area contributed by atoms with Gasteiger partial charge in [0, 0.05) is 43.3 Å². The van der Waals surface area contributed by atoms with Crippen molar-refractivity contribution in [3.63, 3.8) is 0 Å². The second kappa shape index (κ2) is 9.87. The number of hydrogen-bond acceptors (Lipinski definition) is 5. The van der Waals surface area contributed by atoms with Crippen LogP contribution in [0.15, 0.2) is 48.5 Å². The van der Waals surface area contributed by atoms with Gasteiger partial charge in [-0.15, -0.1) is 13.2 Å². The molecule has 0 spiro atoms. The maximum absolute atomic E-state index is 12.7. The number of rotatable bonds is 9. The Balaban J connectivity index is 2.01. The molecule has 166 valence electrons. The second-order valence-electron chi connectivity index (χ2n) is 7.11. The van der Waals surface area contributed by atoms with E-state index >= 15 is 0 Å². The normalized spacial score (nSPS) is 11.5. The minimum atomic E-state index is -4.75. The molecule has 0 aliphatic heterocycles. The van der Waals surface area contributed by atoms with Crippen molar-refractivity contribution < 1.29 is 17.9 Å². The molecule has 0 saturated carbocycles. The highest BCUT2D eigenvalue weighted by Crippen LogP contribution is 2.32. The van der Waals surface area contributed by atoms with Crippen LogP contribution in [-0.2, 0) is 13.0 Å². The Labute approximate surface area is 180 Å². The van der Waals surface area contributed by atoms with Crippen molar-refractivity contribution in [2.75, 3.05) is 29.9 Å². The number of aromatic nitrogens is 1. The van der Waals surface area contributed by atoms with Gasteiger partial charge in [0.2, 0.25) is 0 Å². The van der Waals surface area contributed by atoms with Crippen LogP contribution in [-0.4, -0.2) is 31.0 Å². The number of hydrogen-bond donors (Lipinski definition) is 2. The third-order valence-electron chi connectivity index (χ3n) is 5.03. The molecule has 8 heteroatoms. The Bertz CT molecular complexity index is 1020. The van der Waals surface area contributed by atoms with Crippen molar-refractivity contribution in [1.29, 1.82) is 0 Å². The van der Waals surface area contributed by atoms with Gasteiger partial charge in [-0.25, -0.2) is 4.98 Å². The molecular weight excluding hydrogens is 405 g/mol. The Morgan fingerprint density at radius 2 is 1.81 bits per heavy atom. The van der Waals surface area contributed by atoms with Crippen LogP contribution in [0.2, 0.25) is 0 Å². The highest BCUT2D eigenvalue weighted by atomic mass is 19.4. The molecule has 2 aromatic carbocycles. The van der Waals surface area contributed by atoms with Gasteiger partial charge in [0.1, 0.15) is 11.6 Å². The molecule has 0 unspecified atom stereocenters. The van der Waals surface area contributed by atoms with Gasteiger partial charge in [0.05, 0.1) is 5.52 Å². The van der Waals surface area contributed by atoms with Gasteiger partial charge in [-0.05, 0) is 42.7 Å². The van der Waals surface area contributed by atoms with E-state index < -0.39 is 6.36 Å². The number of benzene rings is 2. The first kappa shape index (κ1) is 22.7. The van der Waals surface area contributed by atoms with E-state index in [0.29, 0.717) is 36.2 Å². The summed E-state index contributed by atoms with van der Waals surface area (Å²) in [4.78, 5) is 6.86. The first-order valence-electron chi connectivity index (χ1n) is 10.3. The van der Waals surface area contributed by atoms with Crippen LogP contribution < -0.4 is 20.7 Å². The number of ether oxygens (including phenoxy) is 1. The fourth-order valence-electron chi connectivity index (χ4n) is 3.52. The zero-order valence-electron chi connectivity index (χ0n) is 17.7. The Hall–Kier alpha value is -3.00. The van der Waals surface area contributed by atoms with Crippen molar-refractivity contribution in [2.45, 2.75) is 33.2 Å². The Morgan fingerprint density at radius 1 is 1.06 bits per heavy atom. The summed E-state index contributed by atoms with van der Waals surface area (Å²) in [5.41, 5.74) is 9.37. The lowest BCUT2D eigenvalue weighted by atomic mass is 10.0. The van der Waals surface area contributed by atoms with Gasteiger partial charge in [0.15, 0.2) is 0 Å². The van der Waals surface area contributed by atoms with Gasteiger partial charge in [-0.2, -0.15) is 0 Å². The van der Waals surface area contributed by atoms with Crippen molar-refractivity contribution in [3.05, 3.63) is 59.7 Å². The SMILES string of the molecule is CCc1ccccc1CN(CC)c1cc(NCCN)c2cc(OC(F)(F)F)ccc2n1. The van der Waals surface area contributed by atoms with E-state index in [2.05, 4.69) is 34.0 Å². The van der Waals surface area contributed by atoms with Crippen molar-refractivity contribution >= 4 is 22.4 Å². The minimum Gasteiger partial charge on any atom is -0.406 e. The number of alkyl halides is 3. The van der Waals surface area contributed by atoms with Crippen LogP contribution in [0.25, 0.3) is 10.9 Å². The third-order valence-corrected chi connectivity index (χ3v) is 5.03. The van der Waals surface area contributed by atoms with Gasteiger partial charge in [-0.1, -0.05) is 31.2 Å². The molecule has 0 atom stereocenters. The summed E-state index contributed by atoms with van der Waals surface area (Å²) in [5, 5.41) is 3.75. The predicted octanol–water partition coefficient (Wildman–Crippen LogP) is 5.09. The quantitative estimate of drug-likeness (QED) is 0.493. The molecule has 0 aliphatic rings. The molecule has 0 aliphatic carbocycles. The predicted molar refractivity (Wildman–Crippen MR) is 119 cm³/mol. The molecule has 0 saturated heterocycles. The molecule has 5 nitrogen and oxygen atoms in total. The summed E-state index contributed by atoms with van der Waals surface area (Å²) in [6.45, 7) is 6.45. The van der Waals surface area contributed by atoms with E-state index in [1.165, 1.54) is 23.3 Å². The van der Waals surface area contributed by atoms with Crippen LogP contribution in [0, 0.1) is 0 Å². The molecular formula is C23H27F3N4O. The topological polar surface area (TPSA) is 63.4 Å². The number of halogens is 3. The lowest BCUT2D eigenvalue weighted by molar-refractivity contribution is -0.274. The first-order chi connectivity index (χ1) is 14.8. The monoisotopic (exact) mass is 432 g/mol. The first-order valence-corrected chi connectivity index (χ1v) is 10.3. The van der Waals surface area contributed by atoms with Crippen molar-refractivity contribution in [3.8, 4) is 5.75 Å². The molecule has 0 bridgehead atoms. The second-order valence-corrected chi connectivity index (χ2v) is 7.11. The third kappa shape index (κ3) is 5.79. The van der Waals surface area contributed by atoms with E-state index in [9.17, 15) is 13.2 Å². The molecule has 0 radical (unpaired) electrons. The average Bonchev–Trinajstić information content (AvgIpc) is 2.74. The van der Waals surface area contributed by atoms with E-state index in [4.69, 9.17) is 10.7 Å². The Kier molecular flexibility index (Phi) is 7.22. The van der Waals surface area contributed by atoms with Crippen LogP contribution in [0.3, 0.4) is 0 Å². The van der Waals surface area contributed by atoms with Crippen LogP contribution >= 0.6 is 0 Å². The molecule has 3 N–H and O–H groups in total. The summed E-state index contributed by atoms with van der Waals surface area (Å²) in [6.07, 6.45) is -3.82. The number of fused-ring (bicyclic) bond motifs is 1. The van der Waals surface area contributed by atoms with E-state index in [1.807, 2.05) is 25.1 Å². The lowest BCUT2D eigenvalue weighted by Gasteiger charge is -2.25. The molecule has 0 amide bonds. The summed E-state index contributed by atoms with van der Waals surface area (Å²) in [6, 6.07) is 14.3. The molecule has 31 heavy (non-hydrogen) atoms. The largest absolute Gasteiger partial charge is 0.573 e. The summed E-state index contributed by atoms with van der Waals surface area (Å²) >= 11 is 0. The summed E-state index contributed by atoms with van der Waals surface area (Å²) in [7, 11) is 0. The van der Waals surface area contributed by atoms with Crippen LogP contribution in [0.4, 0.5) is 24.7 Å². The van der Waals surface area contributed by atoms with Crippen LogP contribution in [0.1, 0.15) is 25.0 Å². The highest BCUT2D eigenvalue weighted by Gasteiger charge is 2.31. The molecule has 1 aromatic heterocycles. The number of nitrogens with zero attached hydrogens (tertiary/aromatic N) is 2. The standard InChI is InChI=1S/C23H27F3N4O/c1-3-16-7-5-6-8-17(16)15-30(4-2)22-14-21(28-12-11-27)19-13-18(31-23(24,25)26)9-10-20(19)29-22/h5-10,13-14H,3-4,11-12,15,27H2,1-2H3,(H,28,29). The molecule has 1 heterocycles. The summed E-state index contributed by atoms with van der Waals surface area (Å²) in [5.74, 6) is 0.458. The zero-order valence-corrected chi connectivity index (χ0v) is 17.7. The average molecular weight is 432 g/mol. The van der Waals surface area contributed by atoms with Crippen molar-refractivity contribution in [1.82, 2.24) is 4.98 Å². The number of nitrogens with two attached hydrogens (primary N) is 1. The van der Waals surface area contributed by atoms with E-state index in [1.54, 1.807) is 6.07 Å². The maximum Gasteiger partial charge on any atom is 0.573 e. The van der Waals surface area contributed by atoms with Gasteiger partial charge in [0.25, 0.3) is 0 Å².